The van der Waals surface area contributed by atoms with Crippen molar-refractivity contribution in [2.45, 2.75) is 46.5 Å². The van der Waals surface area contributed by atoms with Crippen molar-refractivity contribution < 1.29 is 5.21 Å². The summed E-state index contributed by atoms with van der Waals surface area (Å²) in [4.78, 5) is 0. The molecule has 0 aromatic heterocycles. The summed E-state index contributed by atoms with van der Waals surface area (Å²) < 4.78 is 0. The zero-order valence-electron chi connectivity index (χ0n) is 11.2. The maximum atomic E-state index is 9.25. The largest absolute Gasteiger partial charge is 0.411 e. The Morgan fingerprint density at radius 3 is 2.88 bits per heavy atom. The first-order valence-electron chi connectivity index (χ1n) is 6.56. The van der Waals surface area contributed by atoms with Gasteiger partial charge in [-0.25, -0.2) is 0 Å². The van der Waals surface area contributed by atoms with Crippen molar-refractivity contribution in [3.8, 4) is 0 Å². The second kappa shape index (κ2) is 4.32. The fraction of sp³-hybridized carbons (Fsp3) is 0.667. The molecule has 2 nitrogen and oxygen atoms in total. The minimum atomic E-state index is 0.168. The highest BCUT2D eigenvalue weighted by Crippen LogP contribution is 2.52. The van der Waals surface area contributed by atoms with Crippen LogP contribution in [0.1, 0.15) is 46.5 Å². The molecule has 3 atom stereocenters. The van der Waals surface area contributed by atoms with Gasteiger partial charge in [-0.1, -0.05) is 37.2 Å². The Morgan fingerprint density at radius 1 is 1.59 bits per heavy atom. The molecule has 94 valence electrons. The van der Waals surface area contributed by atoms with Crippen LogP contribution in [-0.4, -0.2) is 10.9 Å². The first kappa shape index (κ1) is 12.4. The third-order valence-electron chi connectivity index (χ3n) is 4.89. The number of fused-ring (bicyclic) bond motifs is 1. The van der Waals surface area contributed by atoms with Crippen LogP contribution in [0.3, 0.4) is 0 Å². The molecule has 0 spiro atoms. The van der Waals surface area contributed by atoms with E-state index in [9.17, 15) is 5.21 Å². The van der Waals surface area contributed by atoms with Crippen molar-refractivity contribution in [3.05, 3.63) is 23.8 Å². The molecule has 2 heteroatoms. The van der Waals surface area contributed by atoms with Gasteiger partial charge < -0.3 is 5.21 Å². The molecule has 0 heterocycles. The van der Waals surface area contributed by atoms with Gasteiger partial charge in [-0.05, 0) is 55.4 Å². The lowest BCUT2D eigenvalue weighted by atomic mass is 9.57. The van der Waals surface area contributed by atoms with Gasteiger partial charge in [-0.15, -0.1) is 0 Å². The van der Waals surface area contributed by atoms with Gasteiger partial charge in [0.1, 0.15) is 0 Å². The molecule has 17 heavy (non-hydrogen) atoms. The first-order valence-corrected chi connectivity index (χ1v) is 6.56. The molecule has 1 N–H and O–H groups in total. The van der Waals surface area contributed by atoms with Crippen molar-refractivity contribution in [1.29, 1.82) is 0 Å². The minimum absolute atomic E-state index is 0.168. The minimum Gasteiger partial charge on any atom is -0.411 e. The molecule has 2 aliphatic carbocycles. The molecular formula is C15H23NO. The summed E-state index contributed by atoms with van der Waals surface area (Å²) in [6.45, 7) is 10.8. The smallest absolute Gasteiger partial charge is 0.0836 e. The van der Waals surface area contributed by atoms with Crippen LogP contribution >= 0.6 is 0 Å². The van der Waals surface area contributed by atoms with Crippen molar-refractivity contribution in [1.82, 2.24) is 0 Å². The second-order valence-electron chi connectivity index (χ2n) is 6.01. The van der Waals surface area contributed by atoms with Crippen molar-refractivity contribution in [3.63, 3.8) is 0 Å². The summed E-state index contributed by atoms with van der Waals surface area (Å²) >= 11 is 0. The predicted molar refractivity (Wildman–Crippen MR) is 71.3 cm³/mol. The molecule has 2 aliphatic rings. The summed E-state index contributed by atoms with van der Waals surface area (Å²) in [7, 11) is 0. The molecule has 1 fully saturated rings. The average Bonchev–Trinajstić information content (AvgIpc) is 2.29. The fourth-order valence-corrected chi connectivity index (χ4v) is 3.42. The van der Waals surface area contributed by atoms with Crippen LogP contribution in [0.25, 0.3) is 0 Å². The monoisotopic (exact) mass is 233 g/mol. The molecule has 0 aromatic rings. The molecule has 0 amide bonds. The third-order valence-corrected chi connectivity index (χ3v) is 4.89. The molecule has 0 aromatic carbocycles. The van der Waals surface area contributed by atoms with Crippen LogP contribution in [0.2, 0.25) is 0 Å². The van der Waals surface area contributed by atoms with E-state index in [2.05, 4.69) is 38.6 Å². The van der Waals surface area contributed by atoms with Gasteiger partial charge in [0.2, 0.25) is 0 Å². The van der Waals surface area contributed by atoms with E-state index in [4.69, 9.17) is 0 Å². The molecule has 3 unspecified atom stereocenters. The van der Waals surface area contributed by atoms with E-state index in [1.165, 1.54) is 17.6 Å². The van der Waals surface area contributed by atoms with E-state index in [-0.39, 0.29) is 5.41 Å². The predicted octanol–water partition coefficient (Wildman–Crippen LogP) is 4.17. The number of nitrogens with zero attached hydrogens (tertiary/aromatic N) is 1. The van der Waals surface area contributed by atoms with Crippen LogP contribution in [0.4, 0.5) is 0 Å². The van der Waals surface area contributed by atoms with E-state index in [0.717, 1.165) is 25.0 Å². The lowest BCUT2D eigenvalue weighted by Gasteiger charge is -2.47. The van der Waals surface area contributed by atoms with E-state index >= 15 is 0 Å². The number of hydrogen-bond donors (Lipinski definition) is 1. The van der Waals surface area contributed by atoms with Crippen molar-refractivity contribution >= 4 is 5.71 Å². The maximum Gasteiger partial charge on any atom is 0.0836 e. The van der Waals surface area contributed by atoms with Gasteiger partial charge in [0.05, 0.1) is 5.71 Å². The molecule has 0 saturated heterocycles. The number of rotatable bonds is 1. The van der Waals surface area contributed by atoms with Gasteiger partial charge in [0, 0.05) is 0 Å². The number of allylic oxidation sites excluding steroid dienone is 3. The van der Waals surface area contributed by atoms with E-state index in [1.807, 2.05) is 0 Å². The third kappa shape index (κ3) is 1.94. The Labute approximate surface area is 104 Å². The van der Waals surface area contributed by atoms with Crippen molar-refractivity contribution in [2.75, 3.05) is 0 Å². The zero-order chi connectivity index (χ0) is 12.6. The summed E-state index contributed by atoms with van der Waals surface area (Å²) in [5, 5.41) is 12.8. The molecule has 0 bridgehead atoms. The van der Waals surface area contributed by atoms with E-state index < -0.39 is 0 Å². The Bertz CT molecular complexity index is 394. The summed E-state index contributed by atoms with van der Waals surface area (Å²) in [5.74, 6) is 1.12. The Balaban J connectivity index is 2.41. The summed E-state index contributed by atoms with van der Waals surface area (Å²) in [6, 6.07) is 0. The van der Waals surface area contributed by atoms with Crippen LogP contribution in [0, 0.1) is 17.3 Å². The molecule has 0 radical (unpaired) electrons. The van der Waals surface area contributed by atoms with Crippen LogP contribution in [0.15, 0.2) is 29.0 Å². The molecular weight excluding hydrogens is 210 g/mol. The number of hydrogen-bond acceptors (Lipinski definition) is 2. The number of oxime groups is 1. The normalized spacial score (nSPS) is 39.7. The van der Waals surface area contributed by atoms with Crippen molar-refractivity contribution in [2.24, 2.45) is 22.4 Å². The van der Waals surface area contributed by atoms with E-state index in [1.54, 1.807) is 0 Å². The summed E-state index contributed by atoms with van der Waals surface area (Å²) in [5.41, 5.74) is 3.56. The Morgan fingerprint density at radius 2 is 2.29 bits per heavy atom. The fourth-order valence-electron chi connectivity index (χ4n) is 3.42. The average molecular weight is 233 g/mol. The zero-order valence-corrected chi connectivity index (χ0v) is 11.2. The van der Waals surface area contributed by atoms with Crippen LogP contribution < -0.4 is 0 Å². The molecule has 2 rings (SSSR count). The van der Waals surface area contributed by atoms with Gasteiger partial charge in [0.25, 0.3) is 0 Å². The van der Waals surface area contributed by atoms with E-state index in [0.29, 0.717) is 11.8 Å². The van der Waals surface area contributed by atoms with Gasteiger partial charge >= 0.3 is 0 Å². The SMILES string of the molecule is C=C(C)C1C/C(=N/O)C2=CCCC(C)C2(C)C1. The highest BCUT2D eigenvalue weighted by molar-refractivity contribution is 6.02. The molecule has 1 saturated carbocycles. The lowest BCUT2D eigenvalue weighted by molar-refractivity contribution is 0.181. The second-order valence-corrected chi connectivity index (χ2v) is 6.01. The molecule has 0 aliphatic heterocycles. The first-order chi connectivity index (χ1) is 7.99. The topological polar surface area (TPSA) is 32.6 Å². The van der Waals surface area contributed by atoms with Crippen LogP contribution in [0.5, 0.6) is 0 Å². The van der Waals surface area contributed by atoms with Gasteiger partial charge in [-0.2, -0.15) is 0 Å². The lowest BCUT2D eigenvalue weighted by Crippen LogP contribution is -2.41. The maximum absolute atomic E-state index is 9.25. The standard InChI is InChI=1S/C15H23NO/c1-10(2)12-8-14(16-17)13-7-5-6-11(3)15(13,4)9-12/h7,11-12,17H,1,5-6,8-9H2,2-4H3/b16-14-. The quantitative estimate of drug-likeness (QED) is 0.411. The summed E-state index contributed by atoms with van der Waals surface area (Å²) in [6.07, 6.45) is 6.63. The Kier molecular flexibility index (Phi) is 3.15. The highest BCUT2D eigenvalue weighted by atomic mass is 16.4. The highest BCUT2D eigenvalue weighted by Gasteiger charge is 2.44. The van der Waals surface area contributed by atoms with Gasteiger partial charge in [-0.3, -0.25) is 0 Å². The Hall–Kier alpha value is -1.05. The van der Waals surface area contributed by atoms with Crippen LogP contribution in [-0.2, 0) is 0 Å². The van der Waals surface area contributed by atoms with Gasteiger partial charge in [0.15, 0.2) is 0 Å².